The summed E-state index contributed by atoms with van der Waals surface area (Å²) in [6, 6.07) is 2.00. The van der Waals surface area contributed by atoms with Crippen LogP contribution < -0.4 is 10.6 Å². The summed E-state index contributed by atoms with van der Waals surface area (Å²) in [5.41, 5.74) is 6.69. The van der Waals surface area contributed by atoms with Crippen molar-refractivity contribution in [2.45, 2.75) is 33.1 Å². The third-order valence-electron chi connectivity index (χ3n) is 4.53. The number of nitrogen functional groups attached to an aromatic ring is 1. The molecule has 0 spiro atoms. The van der Waals surface area contributed by atoms with Crippen LogP contribution in [-0.4, -0.2) is 18.9 Å². The molecule has 2 atom stereocenters. The molecular weight excluding hydrogens is 256 g/mol. The molecule has 1 aromatic rings. The summed E-state index contributed by atoms with van der Waals surface area (Å²) in [5, 5.41) is 1.19. The van der Waals surface area contributed by atoms with Gasteiger partial charge in [-0.3, -0.25) is 4.79 Å². The van der Waals surface area contributed by atoms with Gasteiger partial charge in [-0.1, -0.05) is 20.3 Å². The largest absolute Gasteiger partial charge is 0.397 e. The van der Waals surface area contributed by atoms with Crippen LogP contribution in [-0.2, 0) is 0 Å². The molecule has 1 saturated carbocycles. The number of carbonyl (C=O) groups is 1. The Morgan fingerprint density at radius 1 is 1.37 bits per heavy atom. The van der Waals surface area contributed by atoms with Gasteiger partial charge in [0.25, 0.3) is 0 Å². The lowest BCUT2D eigenvalue weighted by molar-refractivity contribution is 0.0944. The van der Waals surface area contributed by atoms with E-state index in [1.165, 1.54) is 24.3 Å². The van der Waals surface area contributed by atoms with Crippen molar-refractivity contribution in [2.24, 2.45) is 17.8 Å². The Morgan fingerprint density at radius 3 is 2.58 bits per heavy atom. The normalized spacial score (nSPS) is 26.2. The van der Waals surface area contributed by atoms with Crippen LogP contribution in [0.3, 0.4) is 0 Å². The molecule has 1 saturated heterocycles. The van der Waals surface area contributed by atoms with Gasteiger partial charge in [0.2, 0.25) is 0 Å². The van der Waals surface area contributed by atoms with Gasteiger partial charge in [-0.05, 0) is 30.7 Å². The molecule has 0 radical (unpaired) electrons. The van der Waals surface area contributed by atoms with Crippen LogP contribution in [0.2, 0.25) is 0 Å². The van der Waals surface area contributed by atoms with E-state index < -0.39 is 0 Å². The van der Waals surface area contributed by atoms with E-state index in [0.29, 0.717) is 5.69 Å². The number of rotatable bonds is 3. The average Bonchev–Trinajstić information content (AvgIpc) is 3.00. The third-order valence-corrected chi connectivity index (χ3v) is 5.76. The Balaban J connectivity index is 1.79. The van der Waals surface area contributed by atoms with Crippen molar-refractivity contribution in [3.63, 3.8) is 0 Å². The van der Waals surface area contributed by atoms with Crippen molar-refractivity contribution >= 4 is 27.8 Å². The van der Waals surface area contributed by atoms with Gasteiger partial charge in [0, 0.05) is 19.0 Å². The predicted octanol–water partition coefficient (Wildman–Crippen LogP) is 3.41. The summed E-state index contributed by atoms with van der Waals surface area (Å²) >= 11 is 1.58. The third kappa shape index (κ3) is 2.27. The van der Waals surface area contributed by atoms with Crippen molar-refractivity contribution in [3.05, 3.63) is 10.9 Å². The van der Waals surface area contributed by atoms with Gasteiger partial charge in [0.15, 0.2) is 5.78 Å². The van der Waals surface area contributed by atoms with Crippen LogP contribution in [0.15, 0.2) is 6.07 Å². The van der Waals surface area contributed by atoms with E-state index >= 15 is 0 Å². The number of carbonyl (C=O) groups excluding carboxylic acids is 1. The summed E-state index contributed by atoms with van der Waals surface area (Å²) in [5.74, 6) is 1.93. The van der Waals surface area contributed by atoms with Gasteiger partial charge in [-0.2, -0.15) is 0 Å². The van der Waals surface area contributed by atoms with E-state index in [1.54, 1.807) is 11.3 Å². The average molecular weight is 278 g/mol. The fourth-order valence-electron chi connectivity index (χ4n) is 3.42. The van der Waals surface area contributed by atoms with Crippen LogP contribution in [0.1, 0.15) is 42.8 Å². The second kappa shape index (κ2) is 4.82. The SMILES string of the molecule is CC(C)C(=O)c1sc(N2CC3CCCC3C2)cc1N. The zero-order valence-electron chi connectivity index (χ0n) is 11.7. The lowest BCUT2D eigenvalue weighted by Gasteiger charge is -2.16. The number of nitrogens with two attached hydrogens (primary N) is 1. The molecule has 4 heteroatoms. The number of Topliss-reactive ketones (excluding diaryl/α,β-unsaturated/α-hetero) is 1. The molecule has 0 amide bonds. The molecule has 3 rings (SSSR count). The molecule has 1 aliphatic carbocycles. The lowest BCUT2D eigenvalue weighted by atomic mass is 10.0. The molecule has 3 nitrogen and oxygen atoms in total. The maximum absolute atomic E-state index is 12.1. The number of hydrogen-bond donors (Lipinski definition) is 1. The summed E-state index contributed by atoms with van der Waals surface area (Å²) < 4.78 is 0. The smallest absolute Gasteiger partial charge is 0.177 e. The molecule has 1 aliphatic heterocycles. The maximum Gasteiger partial charge on any atom is 0.177 e. The van der Waals surface area contributed by atoms with E-state index in [9.17, 15) is 4.79 Å². The van der Waals surface area contributed by atoms with Gasteiger partial charge in [-0.25, -0.2) is 0 Å². The molecule has 104 valence electrons. The molecule has 1 aromatic heterocycles. The minimum absolute atomic E-state index is 0.0201. The first-order chi connectivity index (χ1) is 9.06. The molecule has 2 aliphatic rings. The van der Waals surface area contributed by atoms with Crippen molar-refractivity contribution < 1.29 is 4.79 Å². The molecule has 2 N–H and O–H groups in total. The first-order valence-electron chi connectivity index (χ1n) is 7.24. The van der Waals surface area contributed by atoms with Crippen molar-refractivity contribution in [1.29, 1.82) is 0 Å². The number of ketones is 1. The van der Waals surface area contributed by atoms with Gasteiger partial charge >= 0.3 is 0 Å². The van der Waals surface area contributed by atoms with E-state index in [-0.39, 0.29) is 11.7 Å². The van der Waals surface area contributed by atoms with E-state index in [0.717, 1.165) is 29.8 Å². The van der Waals surface area contributed by atoms with Gasteiger partial charge in [0.05, 0.1) is 15.6 Å². The highest BCUT2D eigenvalue weighted by atomic mass is 32.1. The Bertz CT molecular complexity index is 482. The number of hydrogen-bond acceptors (Lipinski definition) is 4. The topological polar surface area (TPSA) is 46.3 Å². The molecule has 2 fully saturated rings. The fraction of sp³-hybridized carbons (Fsp3) is 0.667. The van der Waals surface area contributed by atoms with Gasteiger partial charge in [0.1, 0.15) is 0 Å². The minimum atomic E-state index is 0.0201. The highest BCUT2D eigenvalue weighted by Gasteiger charge is 2.37. The Labute approximate surface area is 118 Å². The summed E-state index contributed by atoms with van der Waals surface area (Å²) in [6.45, 7) is 6.17. The number of thiophene rings is 1. The monoisotopic (exact) mass is 278 g/mol. The minimum Gasteiger partial charge on any atom is -0.397 e. The quantitative estimate of drug-likeness (QED) is 0.862. The first kappa shape index (κ1) is 13.0. The molecule has 19 heavy (non-hydrogen) atoms. The van der Waals surface area contributed by atoms with Crippen LogP contribution in [0.5, 0.6) is 0 Å². The standard InChI is InChI=1S/C15H22N2OS/c1-9(2)14(18)15-12(16)6-13(19-15)17-7-10-4-3-5-11(10)8-17/h6,9-11H,3-5,7-8,16H2,1-2H3. The zero-order valence-corrected chi connectivity index (χ0v) is 12.5. The second-order valence-electron chi connectivity index (χ2n) is 6.24. The Kier molecular flexibility index (Phi) is 3.29. The Morgan fingerprint density at radius 2 is 2.00 bits per heavy atom. The van der Waals surface area contributed by atoms with Crippen LogP contribution >= 0.6 is 11.3 Å². The van der Waals surface area contributed by atoms with Crippen molar-refractivity contribution in [1.82, 2.24) is 0 Å². The maximum atomic E-state index is 12.1. The molecule has 0 aromatic carbocycles. The van der Waals surface area contributed by atoms with Crippen molar-refractivity contribution in [2.75, 3.05) is 23.7 Å². The summed E-state index contributed by atoms with van der Waals surface area (Å²) in [6.07, 6.45) is 4.15. The van der Waals surface area contributed by atoms with Gasteiger partial charge < -0.3 is 10.6 Å². The lowest BCUT2D eigenvalue weighted by Crippen LogP contribution is -2.19. The zero-order chi connectivity index (χ0) is 13.6. The Hall–Kier alpha value is -1.03. The van der Waals surface area contributed by atoms with Crippen LogP contribution in [0.4, 0.5) is 10.7 Å². The van der Waals surface area contributed by atoms with Gasteiger partial charge in [-0.15, -0.1) is 11.3 Å². The summed E-state index contributed by atoms with van der Waals surface area (Å²) in [4.78, 5) is 15.3. The first-order valence-corrected chi connectivity index (χ1v) is 8.06. The van der Waals surface area contributed by atoms with Crippen molar-refractivity contribution in [3.8, 4) is 0 Å². The van der Waals surface area contributed by atoms with E-state index in [4.69, 9.17) is 5.73 Å². The molecule has 0 bridgehead atoms. The second-order valence-corrected chi connectivity index (χ2v) is 7.27. The predicted molar refractivity (Wildman–Crippen MR) is 80.9 cm³/mol. The number of anilines is 2. The van der Waals surface area contributed by atoms with Crippen LogP contribution in [0, 0.1) is 17.8 Å². The van der Waals surface area contributed by atoms with Crippen LogP contribution in [0.25, 0.3) is 0 Å². The number of fused-ring (bicyclic) bond motifs is 1. The highest BCUT2D eigenvalue weighted by Crippen LogP contribution is 2.42. The fourth-order valence-corrected chi connectivity index (χ4v) is 4.60. The molecule has 2 heterocycles. The molecular formula is C15H22N2OS. The van der Waals surface area contributed by atoms with E-state index in [1.807, 2.05) is 19.9 Å². The number of nitrogens with zero attached hydrogens (tertiary/aromatic N) is 1. The highest BCUT2D eigenvalue weighted by molar-refractivity contribution is 7.18. The summed E-state index contributed by atoms with van der Waals surface area (Å²) in [7, 11) is 0. The van der Waals surface area contributed by atoms with E-state index in [2.05, 4.69) is 4.90 Å². The molecule has 2 unspecified atom stereocenters.